The van der Waals surface area contributed by atoms with Crippen LogP contribution in [0.1, 0.15) is 25.8 Å². The molecular weight excluding hydrogens is 196 g/mol. The number of hydrogen-bond acceptors (Lipinski definition) is 2. The molecule has 0 aliphatic carbocycles. The lowest BCUT2D eigenvalue weighted by molar-refractivity contribution is 0.570. The third-order valence-corrected chi connectivity index (χ3v) is 2.67. The van der Waals surface area contributed by atoms with Gasteiger partial charge in [0.2, 0.25) is 0 Å². The van der Waals surface area contributed by atoms with Gasteiger partial charge in [-0.15, -0.1) is 0 Å². The van der Waals surface area contributed by atoms with Gasteiger partial charge < -0.3 is 10.2 Å². The standard InChI is InChI=1S/C14H24N2/c1-12(2)15-9-6-10-16(4)14-8-5-7-13(3)11-14/h5,7-8,11-12,15H,6,9-10H2,1-4H3. The maximum Gasteiger partial charge on any atom is 0.0366 e. The van der Waals surface area contributed by atoms with Gasteiger partial charge in [0.15, 0.2) is 0 Å². The topological polar surface area (TPSA) is 15.3 Å². The molecule has 1 N–H and O–H groups in total. The van der Waals surface area contributed by atoms with E-state index in [2.05, 4.69) is 62.3 Å². The van der Waals surface area contributed by atoms with E-state index in [0.717, 1.165) is 13.1 Å². The normalized spacial score (nSPS) is 10.8. The molecule has 0 saturated carbocycles. The highest BCUT2D eigenvalue weighted by atomic mass is 15.1. The van der Waals surface area contributed by atoms with E-state index in [1.165, 1.54) is 17.7 Å². The van der Waals surface area contributed by atoms with Gasteiger partial charge in [-0.25, -0.2) is 0 Å². The number of nitrogens with zero attached hydrogens (tertiary/aromatic N) is 1. The summed E-state index contributed by atoms with van der Waals surface area (Å²) < 4.78 is 0. The molecule has 0 bridgehead atoms. The molecule has 16 heavy (non-hydrogen) atoms. The van der Waals surface area contributed by atoms with Gasteiger partial charge in [0.05, 0.1) is 0 Å². The van der Waals surface area contributed by atoms with Crippen molar-refractivity contribution in [3.63, 3.8) is 0 Å². The fourth-order valence-corrected chi connectivity index (χ4v) is 1.70. The van der Waals surface area contributed by atoms with Gasteiger partial charge in [-0.05, 0) is 37.6 Å². The Hall–Kier alpha value is -1.02. The van der Waals surface area contributed by atoms with Crippen LogP contribution in [0.25, 0.3) is 0 Å². The molecule has 2 nitrogen and oxygen atoms in total. The molecule has 2 heteroatoms. The first-order valence-corrected chi connectivity index (χ1v) is 6.11. The van der Waals surface area contributed by atoms with Crippen molar-refractivity contribution in [2.24, 2.45) is 0 Å². The molecule has 1 rings (SSSR count). The molecular formula is C14H24N2. The van der Waals surface area contributed by atoms with Crippen molar-refractivity contribution in [3.8, 4) is 0 Å². The van der Waals surface area contributed by atoms with E-state index in [0.29, 0.717) is 6.04 Å². The lowest BCUT2D eigenvalue weighted by atomic mass is 10.2. The Balaban J connectivity index is 2.32. The Morgan fingerprint density at radius 3 is 2.69 bits per heavy atom. The molecule has 0 unspecified atom stereocenters. The lowest BCUT2D eigenvalue weighted by Crippen LogP contribution is -2.27. The Bertz CT molecular complexity index is 307. The van der Waals surface area contributed by atoms with E-state index >= 15 is 0 Å². The second-order valence-electron chi connectivity index (χ2n) is 4.72. The van der Waals surface area contributed by atoms with E-state index in [-0.39, 0.29) is 0 Å². The van der Waals surface area contributed by atoms with Crippen LogP contribution in [0.2, 0.25) is 0 Å². The van der Waals surface area contributed by atoms with Crippen LogP contribution in [0.15, 0.2) is 24.3 Å². The summed E-state index contributed by atoms with van der Waals surface area (Å²) >= 11 is 0. The van der Waals surface area contributed by atoms with Crippen molar-refractivity contribution in [1.29, 1.82) is 0 Å². The Labute approximate surface area is 99.7 Å². The highest BCUT2D eigenvalue weighted by Gasteiger charge is 2.00. The minimum Gasteiger partial charge on any atom is -0.375 e. The predicted molar refractivity (Wildman–Crippen MR) is 72.2 cm³/mol. The number of hydrogen-bond donors (Lipinski definition) is 1. The van der Waals surface area contributed by atoms with Gasteiger partial charge in [-0.3, -0.25) is 0 Å². The molecule has 0 fully saturated rings. The Morgan fingerprint density at radius 2 is 2.06 bits per heavy atom. The minimum atomic E-state index is 0.587. The van der Waals surface area contributed by atoms with Gasteiger partial charge >= 0.3 is 0 Å². The summed E-state index contributed by atoms with van der Waals surface area (Å²) in [4.78, 5) is 2.31. The summed E-state index contributed by atoms with van der Waals surface area (Å²) in [7, 11) is 2.16. The maximum absolute atomic E-state index is 3.44. The van der Waals surface area contributed by atoms with Crippen LogP contribution < -0.4 is 10.2 Å². The summed E-state index contributed by atoms with van der Waals surface area (Å²) in [5.41, 5.74) is 2.63. The van der Waals surface area contributed by atoms with Gasteiger partial charge in [0, 0.05) is 25.3 Å². The van der Waals surface area contributed by atoms with Crippen molar-refractivity contribution < 1.29 is 0 Å². The third kappa shape index (κ3) is 4.67. The van der Waals surface area contributed by atoms with Crippen LogP contribution in [-0.2, 0) is 0 Å². The van der Waals surface area contributed by atoms with E-state index in [9.17, 15) is 0 Å². The molecule has 90 valence electrons. The lowest BCUT2D eigenvalue weighted by Gasteiger charge is -2.20. The van der Waals surface area contributed by atoms with E-state index in [1.54, 1.807) is 0 Å². The van der Waals surface area contributed by atoms with Crippen molar-refractivity contribution in [1.82, 2.24) is 5.32 Å². The summed E-state index contributed by atoms with van der Waals surface area (Å²) in [6.45, 7) is 8.70. The summed E-state index contributed by atoms with van der Waals surface area (Å²) in [6.07, 6.45) is 1.18. The van der Waals surface area contributed by atoms with Gasteiger partial charge in [0.25, 0.3) is 0 Å². The molecule has 0 aliphatic rings. The molecule has 0 aliphatic heterocycles. The van der Waals surface area contributed by atoms with Crippen molar-refractivity contribution >= 4 is 5.69 Å². The molecule has 1 aromatic carbocycles. The van der Waals surface area contributed by atoms with Gasteiger partial charge in [0.1, 0.15) is 0 Å². The first-order valence-electron chi connectivity index (χ1n) is 6.11. The first kappa shape index (κ1) is 13.0. The van der Waals surface area contributed by atoms with Crippen molar-refractivity contribution in [2.45, 2.75) is 33.2 Å². The molecule has 0 aromatic heterocycles. The van der Waals surface area contributed by atoms with E-state index < -0.39 is 0 Å². The predicted octanol–water partition coefficient (Wildman–Crippen LogP) is 2.82. The molecule has 0 radical (unpaired) electrons. The SMILES string of the molecule is Cc1cccc(N(C)CCCNC(C)C)c1. The van der Waals surface area contributed by atoms with E-state index in [1.807, 2.05) is 0 Å². The Morgan fingerprint density at radius 1 is 1.31 bits per heavy atom. The fourth-order valence-electron chi connectivity index (χ4n) is 1.70. The first-order chi connectivity index (χ1) is 7.59. The number of anilines is 1. The highest BCUT2D eigenvalue weighted by molar-refractivity contribution is 5.47. The zero-order chi connectivity index (χ0) is 12.0. The van der Waals surface area contributed by atoms with Crippen LogP contribution in [0.4, 0.5) is 5.69 Å². The molecule has 0 saturated heterocycles. The molecule has 1 aromatic rings. The zero-order valence-corrected chi connectivity index (χ0v) is 11.0. The summed E-state index contributed by atoms with van der Waals surface area (Å²) in [6, 6.07) is 9.24. The maximum atomic E-state index is 3.44. The minimum absolute atomic E-state index is 0.587. The fraction of sp³-hybridized carbons (Fsp3) is 0.571. The molecule has 0 spiro atoms. The molecule has 0 amide bonds. The molecule has 0 atom stereocenters. The molecule has 0 heterocycles. The highest BCUT2D eigenvalue weighted by Crippen LogP contribution is 2.13. The quantitative estimate of drug-likeness (QED) is 0.742. The average molecular weight is 220 g/mol. The third-order valence-electron chi connectivity index (χ3n) is 2.67. The monoisotopic (exact) mass is 220 g/mol. The Kier molecular flexibility index (Phi) is 5.33. The number of rotatable bonds is 6. The van der Waals surface area contributed by atoms with Crippen LogP contribution >= 0.6 is 0 Å². The zero-order valence-electron chi connectivity index (χ0n) is 11.0. The van der Waals surface area contributed by atoms with Crippen molar-refractivity contribution in [2.75, 3.05) is 25.0 Å². The largest absolute Gasteiger partial charge is 0.375 e. The second kappa shape index (κ2) is 6.54. The second-order valence-corrected chi connectivity index (χ2v) is 4.72. The van der Waals surface area contributed by atoms with Crippen LogP contribution in [0.5, 0.6) is 0 Å². The van der Waals surface area contributed by atoms with Crippen molar-refractivity contribution in [3.05, 3.63) is 29.8 Å². The van der Waals surface area contributed by atoms with Gasteiger partial charge in [-0.2, -0.15) is 0 Å². The van der Waals surface area contributed by atoms with Crippen LogP contribution in [0.3, 0.4) is 0 Å². The number of nitrogens with one attached hydrogen (secondary N) is 1. The summed E-state index contributed by atoms with van der Waals surface area (Å²) in [5.74, 6) is 0. The smallest absolute Gasteiger partial charge is 0.0366 e. The van der Waals surface area contributed by atoms with Crippen LogP contribution in [0, 0.1) is 6.92 Å². The summed E-state index contributed by atoms with van der Waals surface area (Å²) in [5, 5.41) is 3.44. The number of benzene rings is 1. The van der Waals surface area contributed by atoms with Crippen LogP contribution in [-0.4, -0.2) is 26.2 Å². The van der Waals surface area contributed by atoms with E-state index in [4.69, 9.17) is 0 Å². The van der Waals surface area contributed by atoms with Gasteiger partial charge in [-0.1, -0.05) is 26.0 Å². The number of aryl methyl sites for hydroxylation is 1. The average Bonchev–Trinajstić information content (AvgIpc) is 2.24.